The van der Waals surface area contributed by atoms with Gasteiger partial charge in [-0.05, 0) is 33.7 Å². The van der Waals surface area contributed by atoms with E-state index >= 15 is 0 Å². The Morgan fingerprint density at radius 1 is 1.14 bits per heavy atom. The molecular weight excluding hydrogens is 388 g/mol. The summed E-state index contributed by atoms with van der Waals surface area (Å²) in [5.74, 6) is 0.973. The Labute approximate surface area is 172 Å². The van der Waals surface area contributed by atoms with Gasteiger partial charge in [0.2, 0.25) is 5.16 Å². The fraction of sp³-hybridized carbons (Fsp3) is 0.250. The number of thioether (sulfide) groups is 1. The average Bonchev–Trinajstić information content (AvgIpc) is 3.43. The largest absolute Gasteiger partial charge is 0.497 e. The van der Waals surface area contributed by atoms with E-state index < -0.39 is 0 Å². The van der Waals surface area contributed by atoms with Gasteiger partial charge in [-0.25, -0.2) is 9.69 Å². The highest BCUT2D eigenvalue weighted by molar-refractivity contribution is 7.99. The molecule has 1 amide bonds. The van der Waals surface area contributed by atoms with Crippen LogP contribution in [0, 0.1) is 0 Å². The first kappa shape index (κ1) is 19.1. The van der Waals surface area contributed by atoms with Gasteiger partial charge in [0.15, 0.2) is 0 Å². The number of amides is 1. The molecule has 4 rings (SSSR count). The Kier molecular flexibility index (Phi) is 5.85. The van der Waals surface area contributed by atoms with Gasteiger partial charge in [-0.3, -0.25) is 4.79 Å². The predicted octanol–water partition coefficient (Wildman–Crippen LogP) is 2.46. The molecule has 3 aromatic rings. The van der Waals surface area contributed by atoms with Crippen molar-refractivity contribution in [2.75, 3.05) is 19.4 Å². The lowest BCUT2D eigenvalue weighted by Gasteiger charge is -2.11. The van der Waals surface area contributed by atoms with Crippen molar-refractivity contribution in [2.45, 2.75) is 18.1 Å². The third kappa shape index (κ3) is 4.62. The summed E-state index contributed by atoms with van der Waals surface area (Å²) in [6.07, 6.45) is 0.760. The molecule has 29 heavy (non-hydrogen) atoms. The summed E-state index contributed by atoms with van der Waals surface area (Å²) in [6.45, 7) is 1.12. The zero-order valence-corrected chi connectivity index (χ0v) is 16.7. The number of ether oxygens (including phenoxy) is 1. The first-order valence-electron chi connectivity index (χ1n) is 9.18. The monoisotopic (exact) mass is 408 g/mol. The Balaban J connectivity index is 1.35. The van der Waals surface area contributed by atoms with Crippen LogP contribution < -0.4 is 4.74 Å². The molecule has 1 aliphatic heterocycles. The minimum atomic E-state index is -0.0556. The molecule has 0 bridgehead atoms. The molecule has 148 valence electrons. The summed E-state index contributed by atoms with van der Waals surface area (Å²) >= 11 is 1.31. The van der Waals surface area contributed by atoms with Crippen molar-refractivity contribution in [1.82, 2.24) is 25.2 Å². The molecule has 1 aliphatic rings. The van der Waals surface area contributed by atoms with Gasteiger partial charge in [0.1, 0.15) is 5.75 Å². The van der Waals surface area contributed by atoms with Gasteiger partial charge in [0.05, 0.1) is 31.7 Å². The summed E-state index contributed by atoms with van der Waals surface area (Å²) in [7, 11) is 1.63. The minimum Gasteiger partial charge on any atom is -0.497 e. The van der Waals surface area contributed by atoms with E-state index in [1.54, 1.807) is 11.8 Å². The van der Waals surface area contributed by atoms with Crippen LogP contribution in [0.5, 0.6) is 5.75 Å². The number of hydrazone groups is 1. The molecule has 0 saturated heterocycles. The molecule has 0 spiro atoms. The fourth-order valence-electron chi connectivity index (χ4n) is 2.97. The SMILES string of the molecule is COc1ccc(Cn2nnnc2SCC(=O)N2CCC(c3ccccc3)=N2)cc1. The third-order valence-corrected chi connectivity index (χ3v) is 5.45. The Morgan fingerprint density at radius 2 is 1.93 bits per heavy atom. The second-order valence-corrected chi connectivity index (χ2v) is 7.38. The molecule has 0 fully saturated rings. The normalized spacial score (nSPS) is 13.4. The van der Waals surface area contributed by atoms with E-state index in [-0.39, 0.29) is 11.7 Å². The average molecular weight is 408 g/mol. The molecule has 9 heteroatoms. The molecule has 0 saturated carbocycles. The van der Waals surface area contributed by atoms with Crippen LogP contribution in [0.2, 0.25) is 0 Å². The van der Waals surface area contributed by atoms with E-state index in [0.29, 0.717) is 18.2 Å². The summed E-state index contributed by atoms with van der Waals surface area (Å²) < 4.78 is 6.86. The number of carbonyl (C=O) groups is 1. The molecule has 0 N–H and O–H groups in total. The van der Waals surface area contributed by atoms with Crippen LogP contribution in [-0.4, -0.2) is 56.2 Å². The number of methoxy groups -OCH3 is 1. The van der Waals surface area contributed by atoms with Crippen molar-refractivity contribution in [2.24, 2.45) is 5.10 Å². The van der Waals surface area contributed by atoms with Gasteiger partial charge in [0, 0.05) is 6.42 Å². The van der Waals surface area contributed by atoms with Gasteiger partial charge >= 0.3 is 0 Å². The highest BCUT2D eigenvalue weighted by atomic mass is 32.2. The first-order chi connectivity index (χ1) is 14.2. The summed E-state index contributed by atoms with van der Waals surface area (Å²) in [5, 5.41) is 18.4. The maximum atomic E-state index is 12.6. The smallest absolute Gasteiger partial charge is 0.253 e. The van der Waals surface area contributed by atoms with E-state index in [0.717, 1.165) is 29.0 Å². The molecular formula is C20H20N6O2S. The van der Waals surface area contributed by atoms with Crippen molar-refractivity contribution in [3.63, 3.8) is 0 Å². The van der Waals surface area contributed by atoms with E-state index in [2.05, 4.69) is 20.6 Å². The van der Waals surface area contributed by atoms with Crippen LogP contribution in [0.4, 0.5) is 0 Å². The lowest BCUT2D eigenvalue weighted by Crippen LogP contribution is -2.25. The lowest BCUT2D eigenvalue weighted by atomic mass is 10.1. The molecule has 0 unspecified atom stereocenters. The number of benzene rings is 2. The molecule has 1 aromatic heterocycles. The molecule has 8 nitrogen and oxygen atoms in total. The van der Waals surface area contributed by atoms with Crippen molar-refractivity contribution in [1.29, 1.82) is 0 Å². The van der Waals surface area contributed by atoms with Gasteiger partial charge in [-0.1, -0.05) is 54.2 Å². The van der Waals surface area contributed by atoms with Crippen LogP contribution >= 0.6 is 11.8 Å². The van der Waals surface area contributed by atoms with E-state index in [9.17, 15) is 4.79 Å². The van der Waals surface area contributed by atoms with E-state index in [1.165, 1.54) is 16.8 Å². The molecule has 0 aliphatic carbocycles. The Morgan fingerprint density at radius 3 is 2.69 bits per heavy atom. The standard InChI is InChI=1S/C20H20N6O2S/c1-28-17-9-7-15(8-10-17)13-26-20(21-23-24-26)29-14-19(27)25-12-11-18(22-25)16-5-3-2-4-6-16/h2-10H,11-14H2,1H3. The van der Waals surface area contributed by atoms with Gasteiger partial charge < -0.3 is 4.74 Å². The van der Waals surface area contributed by atoms with Crippen molar-refractivity contribution in [3.8, 4) is 5.75 Å². The number of carbonyl (C=O) groups excluding carboxylic acids is 1. The second kappa shape index (κ2) is 8.87. The first-order valence-corrected chi connectivity index (χ1v) is 10.2. The van der Waals surface area contributed by atoms with Crippen molar-refractivity contribution >= 4 is 23.4 Å². The summed E-state index contributed by atoms with van der Waals surface area (Å²) in [5.41, 5.74) is 3.04. The van der Waals surface area contributed by atoms with Gasteiger partial charge in [-0.15, -0.1) is 5.10 Å². The third-order valence-electron chi connectivity index (χ3n) is 4.51. The topological polar surface area (TPSA) is 85.5 Å². The molecule has 2 heterocycles. The maximum Gasteiger partial charge on any atom is 0.253 e. The zero-order chi connectivity index (χ0) is 20.1. The van der Waals surface area contributed by atoms with Crippen molar-refractivity contribution in [3.05, 3.63) is 65.7 Å². The molecule has 2 aromatic carbocycles. The molecule has 0 radical (unpaired) electrons. The minimum absolute atomic E-state index is 0.0556. The van der Waals surface area contributed by atoms with Gasteiger partial charge in [-0.2, -0.15) is 5.10 Å². The van der Waals surface area contributed by atoms with Gasteiger partial charge in [0.25, 0.3) is 5.91 Å². The number of nitrogens with zero attached hydrogens (tertiary/aromatic N) is 6. The summed E-state index contributed by atoms with van der Waals surface area (Å²) in [6, 6.07) is 17.6. The Bertz CT molecular complexity index is 1000. The van der Waals surface area contributed by atoms with Crippen LogP contribution in [-0.2, 0) is 11.3 Å². The van der Waals surface area contributed by atoms with Crippen LogP contribution in [0.1, 0.15) is 17.5 Å². The van der Waals surface area contributed by atoms with Crippen molar-refractivity contribution < 1.29 is 9.53 Å². The second-order valence-electron chi connectivity index (χ2n) is 6.44. The fourth-order valence-corrected chi connectivity index (χ4v) is 3.72. The van der Waals surface area contributed by atoms with Crippen LogP contribution in [0.15, 0.2) is 64.9 Å². The number of hydrogen-bond donors (Lipinski definition) is 0. The molecule has 0 atom stereocenters. The maximum absolute atomic E-state index is 12.6. The zero-order valence-electron chi connectivity index (χ0n) is 15.9. The highest BCUT2D eigenvalue weighted by Gasteiger charge is 2.22. The van der Waals surface area contributed by atoms with Crippen LogP contribution in [0.3, 0.4) is 0 Å². The van der Waals surface area contributed by atoms with E-state index in [4.69, 9.17) is 4.74 Å². The number of hydrogen-bond acceptors (Lipinski definition) is 7. The quantitative estimate of drug-likeness (QED) is 0.558. The predicted molar refractivity (Wildman–Crippen MR) is 110 cm³/mol. The number of tetrazole rings is 1. The Hall–Kier alpha value is -3.20. The number of aromatic nitrogens is 4. The van der Waals surface area contributed by atoms with Crippen LogP contribution in [0.25, 0.3) is 0 Å². The summed E-state index contributed by atoms with van der Waals surface area (Å²) in [4.78, 5) is 12.6. The number of rotatable bonds is 7. The lowest BCUT2D eigenvalue weighted by molar-refractivity contribution is -0.127. The van der Waals surface area contributed by atoms with E-state index in [1.807, 2.05) is 54.6 Å². The highest BCUT2D eigenvalue weighted by Crippen LogP contribution is 2.19.